The Morgan fingerprint density at radius 2 is 1.73 bits per heavy atom. The minimum atomic E-state index is -0.445. The van der Waals surface area contributed by atoms with E-state index in [-0.39, 0.29) is 17.4 Å². The number of nitro groups is 1. The highest BCUT2D eigenvalue weighted by molar-refractivity contribution is 6.33. The Morgan fingerprint density at radius 1 is 1.00 bits per heavy atom. The first kappa shape index (κ1) is 20.3. The molecular formula is C21H17Cl2N3O4. The first-order chi connectivity index (χ1) is 14.4. The van der Waals surface area contributed by atoms with E-state index in [0.717, 1.165) is 5.56 Å². The lowest BCUT2D eigenvalue weighted by atomic mass is 10.2. The third-order valence-corrected chi connectivity index (χ3v) is 5.51. The average Bonchev–Trinajstić information content (AvgIpc) is 3.23. The van der Waals surface area contributed by atoms with Gasteiger partial charge in [0.15, 0.2) is 5.76 Å². The number of hydrogen-bond donors (Lipinski definition) is 0. The first-order valence-electron chi connectivity index (χ1n) is 9.27. The van der Waals surface area contributed by atoms with Gasteiger partial charge >= 0.3 is 0 Å². The van der Waals surface area contributed by atoms with E-state index in [9.17, 15) is 14.9 Å². The first-order valence-corrected chi connectivity index (χ1v) is 10.0. The van der Waals surface area contributed by atoms with Crippen LogP contribution >= 0.6 is 23.2 Å². The van der Waals surface area contributed by atoms with Crippen molar-refractivity contribution in [1.29, 1.82) is 0 Å². The molecule has 1 aliphatic rings. The molecule has 9 heteroatoms. The lowest BCUT2D eigenvalue weighted by Gasteiger charge is -2.35. The molecule has 1 aromatic heterocycles. The standard InChI is InChI=1S/C21H17Cl2N3O4/c22-15-4-1-3-14(13-15)18-7-8-19(30-18)21(27)25-11-9-24(10-12-25)20-16(23)5-2-6-17(20)26(28)29/h1-8,13H,9-12H2. The van der Waals surface area contributed by atoms with Gasteiger partial charge in [-0.05, 0) is 30.3 Å². The predicted octanol–water partition coefficient (Wildman–Crippen LogP) is 5.12. The maximum atomic E-state index is 12.8. The van der Waals surface area contributed by atoms with Gasteiger partial charge in [0.05, 0.1) is 9.95 Å². The van der Waals surface area contributed by atoms with Crippen molar-refractivity contribution in [1.82, 2.24) is 4.90 Å². The smallest absolute Gasteiger partial charge is 0.294 e. The molecule has 3 aromatic rings. The van der Waals surface area contributed by atoms with Crippen LogP contribution in [0.3, 0.4) is 0 Å². The van der Waals surface area contributed by atoms with Crippen molar-refractivity contribution in [2.45, 2.75) is 0 Å². The Balaban J connectivity index is 1.47. The van der Waals surface area contributed by atoms with Crippen molar-refractivity contribution in [2.75, 3.05) is 31.1 Å². The highest BCUT2D eigenvalue weighted by Gasteiger charge is 2.29. The number of carbonyl (C=O) groups is 1. The molecule has 0 bridgehead atoms. The SMILES string of the molecule is O=C(c1ccc(-c2cccc(Cl)c2)o1)N1CCN(c2c(Cl)cccc2[N+](=O)[O-])CC1. The number of piperazine rings is 1. The van der Waals surface area contributed by atoms with Crippen LogP contribution in [0.25, 0.3) is 11.3 Å². The van der Waals surface area contributed by atoms with Crippen LogP contribution < -0.4 is 4.90 Å². The molecular weight excluding hydrogens is 429 g/mol. The fourth-order valence-corrected chi connectivity index (χ4v) is 3.98. The lowest BCUT2D eigenvalue weighted by Crippen LogP contribution is -2.49. The van der Waals surface area contributed by atoms with E-state index in [1.54, 1.807) is 41.3 Å². The molecule has 7 nitrogen and oxygen atoms in total. The molecule has 0 spiro atoms. The van der Waals surface area contributed by atoms with E-state index < -0.39 is 4.92 Å². The van der Waals surface area contributed by atoms with Crippen LogP contribution in [0.1, 0.15) is 10.6 Å². The van der Waals surface area contributed by atoms with E-state index in [4.69, 9.17) is 27.6 Å². The van der Waals surface area contributed by atoms with Gasteiger partial charge in [-0.15, -0.1) is 0 Å². The number of halogens is 2. The molecule has 2 heterocycles. The van der Waals surface area contributed by atoms with Crippen LogP contribution in [0.4, 0.5) is 11.4 Å². The molecule has 2 aromatic carbocycles. The summed E-state index contributed by atoms with van der Waals surface area (Å²) in [5.41, 5.74) is 1.13. The van der Waals surface area contributed by atoms with Gasteiger partial charge in [-0.25, -0.2) is 0 Å². The van der Waals surface area contributed by atoms with Crippen molar-refractivity contribution >= 4 is 40.5 Å². The molecule has 1 amide bonds. The molecule has 0 atom stereocenters. The number of carbonyl (C=O) groups excluding carboxylic acids is 1. The zero-order valence-corrected chi connectivity index (χ0v) is 17.3. The maximum absolute atomic E-state index is 12.8. The number of nitro benzene ring substituents is 1. The van der Waals surface area contributed by atoms with E-state index in [0.29, 0.717) is 47.7 Å². The normalized spacial score (nSPS) is 14.1. The number of benzene rings is 2. The number of hydrogen-bond acceptors (Lipinski definition) is 5. The summed E-state index contributed by atoms with van der Waals surface area (Å²) >= 11 is 12.2. The highest BCUT2D eigenvalue weighted by Crippen LogP contribution is 2.36. The van der Waals surface area contributed by atoms with Gasteiger partial charge in [0.25, 0.3) is 11.6 Å². The van der Waals surface area contributed by atoms with Gasteiger partial charge < -0.3 is 14.2 Å². The molecule has 0 N–H and O–H groups in total. The number of anilines is 1. The molecule has 0 saturated carbocycles. The second kappa shape index (κ2) is 8.38. The summed E-state index contributed by atoms with van der Waals surface area (Å²) in [5, 5.41) is 12.3. The summed E-state index contributed by atoms with van der Waals surface area (Å²) < 4.78 is 5.75. The van der Waals surface area contributed by atoms with Crippen molar-refractivity contribution in [3.63, 3.8) is 0 Å². The molecule has 1 aliphatic heterocycles. The fourth-order valence-electron chi connectivity index (χ4n) is 3.50. The molecule has 4 rings (SSSR count). The number of amides is 1. The maximum Gasteiger partial charge on any atom is 0.294 e. The van der Waals surface area contributed by atoms with E-state index in [1.165, 1.54) is 6.07 Å². The van der Waals surface area contributed by atoms with Crippen LogP contribution in [-0.4, -0.2) is 41.9 Å². The third-order valence-electron chi connectivity index (χ3n) is 4.97. The van der Waals surface area contributed by atoms with Crippen molar-refractivity contribution in [3.05, 3.63) is 80.5 Å². The summed E-state index contributed by atoms with van der Waals surface area (Å²) in [4.78, 5) is 27.3. The number of furan rings is 1. The summed E-state index contributed by atoms with van der Waals surface area (Å²) in [5.74, 6) is 0.574. The summed E-state index contributed by atoms with van der Waals surface area (Å²) in [6, 6.07) is 15.2. The van der Waals surface area contributed by atoms with Crippen LogP contribution in [0, 0.1) is 10.1 Å². The Labute approximate surface area is 182 Å². The number of rotatable bonds is 4. The molecule has 0 aliphatic carbocycles. The summed E-state index contributed by atoms with van der Waals surface area (Å²) in [6.45, 7) is 1.65. The molecule has 1 fully saturated rings. The van der Waals surface area contributed by atoms with Gasteiger partial charge in [-0.3, -0.25) is 14.9 Å². The summed E-state index contributed by atoms with van der Waals surface area (Å²) in [7, 11) is 0. The molecule has 154 valence electrons. The Morgan fingerprint density at radius 3 is 2.43 bits per heavy atom. The van der Waals surface area contributed by atoms with Crippen LogP contribution in [0.15, 0.2) is 59.0 Å². The van der Waals surface area contributed by atoms with E-state index >= 15 is 0 Å². The van der Waals surface area contributed by atoms with Gasteiger partial charge in [0.2, 0.25) is 0 Å². The zero-order valence-electron chi connectivity index (χ0n) is 15.8. The van der Waals surface area contributed by atoms with E-state index in [1.807, 2.05) is 17.0 Å². The molecule has 0 radical (unpaired) electrons. The molecule has 1 saturated heterocycles. The van der Waals surface area contributed by atoms with Crippen LogP contribution in [0.5, 0.6) is 0 Å². The fraction of sp³-hybridized carbons (Fsp3) is 0.190. The topological polar surface area (TPSA) is 79.8 Å². The summed E-state index contributed by atoms with van der Waals surface area (Å²) in [6.07, 6.45) is 0. The van der Waals surface area contributed by atoms with Crippen molar-refractivity contribution in [3.8, 4) is 11.3 Å². The minimum absolute atomic E-state index is 0.0422. The Hall–Kier alpha value is -3.03. The second-order valence-corrected chi connectivity index (χ2v) is 7.66. The monoisotopic (exact) mass is 445 g/mol. The van der Waals surface area contributed by atoms with Crippen LogP contribution in [-0.2, 0) is 0 Å². The largest absolute Gasteiger partial charge is 0.451 e. The Kier molecular flexibility index (Phi) is 5.65. The molecule has 30 heavy (non-hydrogen) atoms. The highest BCUT2D eigenvalue weighted by atomic mass is 35.5. The van der Waals surface area contributed by atoms with Crippen molar-refractivity contribution in [2.24, 2.45) is 0 Å². The quantitative estimate of drug-likeness (QED) is 0.410. The van der Waals surface area contributed by atoms with E-state index in [2.05, 4.69) is 0 Å². The number of para-hydroxylation sites is 1. The predicted molar refractivity (Wildman–Crippen MR) is 115 cm³/mol. The van der Waals surface area contributed by atoms with Crippen LogP contribution in [0.2, 0.25) is 10.0 Å². The molecule has 0 unspecified atom stereocenters. The second-order valence-electron chi connectivity index (χ2n) is 6.82. The van der Waals surface area contributed by atoms with Gasteiger partial charge in [0.1, 0.15) is 11.4 Å². The number of nitrogens with zero attached hydrogens (tertiary/aromatic N) is 3. The van der Waals surface area contributed by atoms with Gasteiger partial charge in [-0.1, -0.05) is 41.4 Å². The van der Waals surface area contributed by atoms with Crippen molar-refractivity contribution < 1.29 is 14.1 Å². The average molecular weight is 446 g/mol. The Bertz CT molecular complexity index is 1110. The van der Waals surface area contributed by atoms with Gasteiger partial charge in [0, 0.05) is 42.8 Å². The zero-order chi connectivity index (χ0) is 21.3. The third kappa shape index (κ3) is 3.99. The minimum Gasteiger partial charge on any atom is -0.451 e. The lowest BCUT2D eigenvalue weighted by molar-refractivity contribution is -0.384. The van der Waals surface area contributed by atoms with Gasteiger partial charge in [-0.2, -0.15) is 0 Å².